The Kier molecular flexibility index (Phi) is 6.61. The summed E-state index contributed by atoms with van der Waals surface area (Å²) >= 11 is 0. The van der Waals surface area contributed by atoms with Gasteiger partial charge in [0.05, 0.1) is 7.11 Å². The van der Waals surface area contributed by atoms with Crippen LogP contribution >= 0.6 is 0 Å². The average Bonchev–Trinajstić information content (AvgIpc) is 3.05. The summed E-state index contributed by atoms with van der Waals surface area (Å²) in [5.74, 6) is -0.703. The van der Waals surface area contributed by atoms with E-state index in [4.69, 9.17) is 9.47 Å². The van der Waals surface area contributed by atoms with Gasteiger partial charge >= 0.3 is 5.97 Å². The molecule has 1 aliphatic rings. The Labute approximate surface area is 208 Å². The smallest absolute Gasteiger partial charge is 0.343 e. The quantitative estimate of drug-likeness (QED) is 0.385. The zero-order valence-corrected chi connectivity index (χ0v) is 20.4. The first-order valence-electron chi connectivity index (χ1n) is 11.9. The first-order valence-corrected chi connectivity index (χ1v) is 11.9. The molecule has 0 radical (unpaired) electrons. The summed E-state index contributed by atoms with van der Waals surface area (Å²) in [6.45, 7) is 2.65. The number of nitrogens with zero attached hydrogens (tertiary/aromatic N) is 3. The first kappa shape index (κ1) is 23.8. The van der Waals surface area contributed by atoms with Crippen molar-refractivity contribution in [2.75, 3.05) is 20.2 Å². The van der Waals surface area contributed by atoms with Gasteiger partial charge in [-0.3, -0.25) is 9.69 Å². The fraction of sp³-hybridized carbons (Fsp3) is 0.286. The Morgan fingerprint density at radius 3 is 2.61 bits per heavy atom. The van der Waals surface area contributed by atoms with Crippen molar-refractivity contribution in [2.45, 2.75) is 26.1 Å². The number of carbonyl (C=O) groups is 1. The number of methoxy groups -OCH3 is 1. The lowest BCUT2D eigenvalue weighted by molar-refractivity contribution is 0.0592. The van der Waals surface area contributed by atoms with E-state index in [-0.39, 0.29) is 29.3 Å². The maximum Gasteiger partial charge on any atom is 0.343 e. The van der Waals surface area contributed by atoms with Crippen molar-refractivity contribution in [1.82, 2.24) is 14.0 Å². The molecule has 8 heteroatoms. The molecule has 36 heavy (non-hydrogen) atoms. The van der Waals surface area contributed by atoms with Crippen LogP contribution in [0.2, 0.25) is 0 Å². The lowest BCUT2D eigenvalue weighted by Gasteiger charge is -2.19. The fourth-order valence-electron chi connectivity index (χ4n) is 4.92. The van der Waals surface area contributed by atoms with E-state index in [0.29, 0.717) is 31.7 Å². The van der Waals surface area contributed by atoms with Crippen molar-refractivity contribution in [2.24, 2.45) is 7.05 Å². The summed E-state index contributed by atoms with van der Waals surface area (Å²) in [6.07, 6.45) is 2.65. The van der Waals surface area contributed by atoms with E-state index < -0.39 is 5.97 Å². The van der Waals surface area contributed by atoms with Crippen molar-refractivity contribution in [3.05, 3.63) is 99.3 Å². The van der Waals surface area contributed by atoms with Crippen LogP contribution in [0, 0.1) is 5.82 Å². The fourth-order valence-corrected chi connectivity index (χ4v) is 4.92. The third-order valence-corrected chi connectivity index (χ3v) is 6.76. The Morgan fingerprint density at radius 2 is 1.83 bits per heavy atom. The normalized spacial score (nSPS) is 13.9. The molecule has 0 saturated heterocycles. The number of benzene rings is 2. The van der Waals surface area contributed by atoms with E-state index in [9.17, 15) is 14.0 Å². The summed E-state index contributed by atoms with van der Waals surface area (Å²) in [6, 6.07) is 15.6. The number of aryl methyl sites for hydroxylation is 1. The Morgan fingerprint density at radius 1 is 1.06 bits per heavy atom. The van der Waals surface area contributed by atoms with Crippen molar-refractivity contribution in [1.29, 1.82) is 0 Å². The molecule has 7 nitrogen and oxygen atoms in total. The zero-order valence-electron chi connectivity index (χ0n) is 20.4. The SMILES string of the molecule is COC(=O)c1c(OCc2ccc(F)cc2)cc(=O)n2c1CCN(Cc1cn(C)c3ccccc13)CC2. The maximum absolute atomic E-state index is 13.2. The first-order chi connectivity index (χ1) is 17.4. The van der Waals surface area contributed by atoms with Gasteiger partial charge in [0.15, 0.2) is 0 Å². The molecule has 186 valence electrons. The molecule has 3 heterocycles. The molecular weight excluding hydrogens is 461 g/mol. The molecule has 0 fully saturated rings. The molecule has 4 aromatic rings. The standard InChI is InChI=1S/C28H28FN3O4/c1-30-16-20(22-5-3-4-6-23(22)30)17-31-12-11-24-27(28(34)35-2)25(15-26(33)32(24)14-13-31)36-18-19-7-9-21(29)10-8-19/h3-10,15-16H,11-14,17-18H2,1-2H3. The van der Waals surface area contributed by atoms with Crippen LogP contribution < -0.4 is 10.3 Å². The van der Waals surface area contributed by atoms with Gasteiger partial charge in [-0.05, 0) is 29.3 Å². The highest BCUT2D eigenvalue weighted by atomic mass is 19.1. The topological polar surface area (TPSA) is 65.7 Å². The van der Waals surface area contributed by atoms with Crippen molar-refractivity contribution >= 4 is 16.9 Å². The highest BCUT2D eigenvalue weighted by Crippen LogP contribution is 2.26. The lowest BCUT2D eigenvalue weighted by Crippen LogP contribution is -2.29. The van der Waals surface area contributed by atoms with Gasteiger partial charge in [0.1, 0.15) is 23.7 Å². The van der Waals surface area contributed by atoms with Gasteiger partial charge in [-0.15, -0.1) is 0 Å². The molecule has 0 bridgehead atoms. The summed E-state index contributed by atoms with van der Waals surface area (Å²) in [5.41, 5.74) is 3.79. The number of pyridine rings is 1. The highest BCUT2D eigenvalue weighted by Gasteiger charge is 2.26. The second-order valence-corrected chi connectivity index (χ2v) is 9.04. The largest absolute Gasteiger partial charge is 0.488 e. The van der Waals surface area contributed by atoms with Crippen LogP contribution in [0.15, 0.2) is 65.6 Å². The van der Waals surface area contributed by atoms with E-state index >= 15 is 0 Å². The monoisotopic (exact) mass is 489 g/mol. The van der Waals surface area contributed by atoms with Gasteiger partial charge in [0.2, 0.25) is 0 Å². The molecule has 0 unspecified atom stereocenters. The van der Waals surface area contributed by atoms with Crippen LogP contribution in [-0.2, 0) is 37.9 Å². The number of hydrogen-bond donors (Lipinski definition) is 0. The van der Waals surface area contributed by atoms with E-state index in [2.05, 4.69) is 27.8 Å². The zero-order chi connectivity index (χ0) is 25.2. The number of ether oxygens (including phenoxy) is 2. The number of fused-ring (bicyclic) bond motifs is 2. The van der Waals surface area contributed by atoms with Gasteiger partial charge in [-0.25, -0.2) is 9.18 Å². The summed E-state index contributed by atoms with van der Waals surface area (Å²) < 4.78 is 28.0. The Bertz CT molecular complexity index is 1470. The molecule has 5 rings (SSSR count). The molecule has 0 atom stereocenters. The van der Waals surface area contributed by atoms with Gasteiger partial charge in [0, 0.05) is 68.5 Å². The van der Waals surface area contributed by atoms with E-state index in [1.54, 1.807) is 16.7 Å². The highest BCUT2D eigenvalue weighted by molar-refractivity contribution is 5.93. The van der Waals surface area contributed by atoms with Crippen molar-refractivity contribution in [3.63, 3.8) is 0 Å². The average molecular weight is 490 g/mol. The minimum atomic E-state index is -0.546. The number of carbonyl (C=O) groups excluding carboxylic acids is 1. The van der Waals surface area contributed by atoms with Gasteiger partial charge in [-0.2, -0.15) is 0 Å². The number of halogens is 1. The van der Waals surface area contributed by atoms with Crippen LogP contribution in [-0.4, -0.2) is 40.2 Å². The summed E-state index contributed by atoms with van der Waals surface area (Å²) in [5, 5.41) is 1.21. The predicted molar refractivity (Wildman–Crippen MR) is 135 cm³/mol. The third-order valence-electron chi connectivity index (χ3n) is 6.76. The lowest BCUT2D eigenvalue weighted by atomic mass is 10.1. The molecule has 0 N–H and O–H groups in total. The molecule has 1 aliphatic heterocycles. The van der Waals surface area contributed by atoms with Crippen LogP contribution in [0.1, 0.15) is 27.2 Å². The van der Waals surface area contributed by atoms with E-state index in [1.807, 2.05) is 19.2 Å². The number of aromatic nitrogens is 2. The minimum Gasteiger partial charge on any atom is -0.488 e. The Hall–Kier alpha value is -3.91. The van der Waals surface area contributed by atoms with Crippen molar-refractivity contribution < 1.29 is 18.7 Å². The number of para-hydroxylation sites is 1. The Balaban J connectivity index is 1.42. The summed E-state index contributed by atoms with van der Waals surface area (Å²) in [7, 11) is 3.36. The van der Waals surface area contributed by atoms with Gasteiger partial charge < -0.3 is 18.6 Å². The maximum atomic E-state index is 13.2. The van der Waals surface area contributed by atoms with Gasteiger partial charge in [-0.1, -0.05) is 30.3 Å². The number of hydrogen-bond acceptors (Lipinski definition) is 5. The molecule has 0 saturated carbocycles. The molecule has 2 aromatic carbocycles. The third kappa shape index (κ3) is 4.64. The van der Waals surface area contributed by atoms with Gasteiger partial charge in [0.25, 0.3) is 5.56 Å². The molecule has 0 amide bonds. The van der Waals surface area contributed by atoms with Crippen LogP contribution in [0.5, 0.6) is 5.75 Å². The molecule has 2 aromatic heterocycles. The van der Waals surface area contributed by atoms with Crippen LogP contribution in [0.4, 0.5) is 4.39 Å². The number of esters is 1. The summed E-state index contributed by atoms with van der Waals surface area (Å²) in [4.78, 5) is 28.2. The van der Waals surface area contributed by atoms with Crippen LogP contribution in [0.3, 0.4) is 0 Å². The minimum absolute atomic E-state index is 0.0976. The molecule has 0 spiro atoms. The van der Waals surface area contributed by atoms with Crippen LogP contribution in [0.25, 0.3) is 10.9 Å². The second kappa shape index (κ2) is 9.99. The second-order valence-electron chi connectivity index (χ2n) is 9.04. The predicted octanol–water partition coefficient (Wildman–Crippen LogP) is 3.90. The van der Waals surface area contributed by atoms with E-state index in [1.165, 1.54) is 41.8 Å². The molecular formula is C28H28FN3O4. The molecule has 0 aliphatic carbocycles. The number of rotatable bonds is 6. The van der Waals surface area contributed by atoms with E-state index in [0.717, 1.165) is 12.1 Å². The van der Waals surface area contributed by atoms with Crippen molar-refractivity contribution in [3.8, 4) is 5.75 Å².